The molecule has 0 fully saturated rings. The number of thiophene rings is 1. The van der Waals surface area contributed by atoms with Crippen molar-refractivity contribution in [2.45, 2.75) is 19.8 Å². The lowest BCUT2D eigenvalue weighted by Crippen LogP contribution is -2.10. The number of ether oxygens (including phenoxy) is 1. The van der Waals surface area contributed by atoms with Crippen molar-refractivity contribution in [2.75, 3.05) is 5.73 Å². The third kappa shape index (κ3) is 2.85. The Labute approximate surface area is 137 Å². The Morgan fingerprint density at radius 3 is 2.52 bits per heavy atom. The van der Waals surface area contributed by atoms with Gasteiger partial charge in [0, 0.05) is 6.20 Å². The minimum atomic E-state index is -0.558. The number of hydrogen-bond acceptors (Lipinski definition) is 5. The minimum Gasteiger partial charge on any atom is -0.456 e. The quantitative estimate of drug-likeness (QED) is 0.760. The summed E-state index contributed by atoms with van der Waals surface area (Å²) < 4.78 is 5.93. The predicted octanol–water partition coefficient (Wildman–Crippen LogP) is 3.89. The van der Waals surface area contributed by atoms with E-state index < -0.39 is 5.91 Å². The molecule has 0 spiro atoms. The first-order valence-corrected chi connectivity index (χ1v) is 8.03. The molecule has 0 aliphatic carbocycles. The summed E-state index contributed by atoms with van der Waals surface area (Å²) in [5, 5.41) is 0.624. The monoisotopic (exact) mass is 327 g/mol. The van der Waals surface area contributed by atoms with E-state index in [4.69, 9.17) is 16.2 Å². The molecule has 0 saturated carbocycles. The van der Waals surface area contributed by atoms with Gasteiger partial charge in [-0.1, -0.05) is 26.0 Å². The molecule has 23 heavy (non-hydrogen) atoms. The van der Waals surface area contributed by atoms with Crippen molar-refractivity contribution < 1.29 is 9.53 Å². The van der Waals surface area contributed by atoms with Crippen molar-refractivity contribution in [3.8, 4) is 11.5 Å². The molecule has 1 amide bonds. The van der Waals surface area contributed by atoms with Gasteiger partial charge < -0.3 is 16.2 Å². The molecular formula is C17H17N3O2S. The van der Waals surface area contributed by atoms with E-state index in [1.165, 1.54) is 16.9 Å². The van der Waals surface area contributed by atoms with Gasteiger partial charge in [-0.2, -0.15) is 0 Å². The second-order valence-electron chi connectivity index (χ2n) is 5.52. The fourth-order valence-corrected chi connectivity index (χ4v) is 3.26. The molecule has 6 heteroatoms. The van der Waals surface area contributed by atoms with Crippen LogP contribution in [0.4, 0.5) is 5.69 Å². The highest BCUT2D eigenvalue weighted by Gasteiger charge is 2.18. The summed E-state index contributed by atoms with van der Waals surface area (Å²) in [5.74, 6) is 1.17. The zero-order chi connectivity index (χ0) is 16.6. The van der Waals surface area contributed by atoms with Gasteiger partial charge in [-0.05, 0) is 29.7 Å². The van der Waals surface area contributed by atoms with E-state index >= 15 is 0 Å². The van der Waals surface area contributed by atoms with Crippen LogP contribution in [-0.4, -0.2) is 10.9 Å². The fraction of sp³-hybridized carbons (Fsp3) is 0.176. The van der Waals surface area contributed by atoms with Crippen LogP contribution >= 0.6 is 11.3 Å². The van der Waals surface area contributed by atoms with Crippen LogP contribution in [0.1, 0.15) is 35.0 Å². The summed E-state index contributed by atoms with van der Waals surface area (Å²) in [6.07, 6.45) is 1.63. The molecule has 0 bridgehead atoms. The summed E-state index contributed by atoms with van der Waals surface area (Å²) >= 11 is 1.17. The van der Waals surface area contributed by atoms with Crippen LogP contribution in [-0.2, 0) is 0 Å². The van der Waals surface area contributed by atoms with E-state index in [-0.39, 0.29) is 0 Å². The van der Waals surface area contributed by atoms with Crippen LogP contribution < -0.4 is 16.2 Å². The maximum absolute atomic E-state index is 11.4. The third-order valence-electron chi connectivity index (χ3n) is 3.59. The van der Waals surface area contributed by atoms with Crippen LogP contribution in [0, 0.1) is 0 Å². The topological polar surface area (TPSA) is 91.2 Å². The van der Waals surface area contributed by atoms with Gasteiger partial charge in [0.25, 0.3) is 5.91 Å². The SMILES string of the molecule is CC(C)c1ccc(Oc2ccnc3sc(C(N)=O)c(N)c23)cc1. The number of nitrogens with zero attached hydrogens (tertiary/aromatic N) is 1. The molecule has 1 aromatic carbocycles. The summed E-state index contributed by atoms with van der Waals surface area (Å²) in [6.45, 7) is 4.28. The Morgan fingerprint density at radius 2 is 1.91 bits per heavy atom. The number of pyridine rings is 1. The Hall–Kier alpha value is -2.60. The number of benzene rings is 1. The van der Waals surface area contributed by atoms with Crippen molar-refractivity contribution in [3.05, 3.63) is 47.0 Å². The van der Waals surface area contributed by atoms with E-state index in [1.54, 1.807) is 12.3 Å². The lowest BCUT2D eigenvalue weighted by atomic mass is 10.0. The molecule has 0 saturated heterocycles. The van der Waals surface area contributed by atoms with Crippen molar-refractivity contribution in [3.63, 3.8) is 0 Å². The van der Waals surface area contributed by atoms with Gasteiger partial charge in [-0.3, -0.25) is 4.79 Å². The fourth-order valence-electron chi connectivity index (χ4n) is 2.33. The van der Waals surface area contributed by atoms with E-state index in [9.17, 15) is 4.79 Å². The smallest absolute Gasteiger partial charge is 0.260 e. The lowest BCUT2D eigenvalue weighted by molar-refractivity contribution is 0.100. The van der Waals surface area contributed by atoms with Gasteiger partial charge in [-0.15, -0.1) is 11.3 Å². The highest BCUT2D eigenvalue weighted by Crippen LogP contribution is 2.39. The first kappa shape index (κ1) is 15.3. The van der Waals surface area contributed by atoms with Crippen molar-refractivity contribution in [1.29, 1.82) is 0 Å². The number of primary amides is 1. The standard InChI is InChI=1S/C17H17N3O2S/c1-9(2)10-3-5-11(6-4-10)22-12-7-8-20-17-13(12)14(18)15(23-17)16(19)21/h3-9H,18H2,1-2H3,(H2,19,21). The highest BCUT2D eigenvalue weighted by atomic mass is 32.1. The molecule has 2 aromatic heterocycles. The van der Waals surface area contributed by atoms with Crippen LogP contribution in [0.25, 0.3) is 10.2 Å². The van der Waals surface area contributed by atoms with Crippen LogP contribution in [0.5, 0.6) is 11.5 Å². The van der Waals surface area contributed by atoms with Gasteiger partial charge in [0.05, 0.1) is 11.1 Å². The Kier molecular flexibility index (Phi) is 3.92. The summed E-state index contributed by atoms with van der Waals surface area (Å²) in [6, 6.07) is 9.62. The second-order valence-corrected chi connectivity index (χ2v) is 6.52. The normalized spacial score (nSPS) is 11.1. The number of nitrogen functional groups attached to an aromatic ring is 1. The van der Waals surface area contributed by atoms with Crippen LogP contribution in [0.15, 0.2) is 36.5 Å². The summed E-state index contributed by atoms with van der Waals surface area (Å²) in [5.41, 5.74) is 13.0. The number of aromatic nitrogens is 1. The van der Waals surface area contributed by atoms with Crippen molar-refractivity contribution in [1.82, 2.24) is 4.98 Å². The van der Waals surface area contributed by atoms with Crippen LogP contribution in [0.3, 0.4) is 0 Å². The molecule has 5 nitrogen and oxygen atoms in total. The average Bonchev–Trinajstić information content (AvgIpc) is 2.86. The van der Waals surface area contributed by atoms with Crippen LogP contribution in [0.2, 0.25) is 0 Å². The predicted molar refractivity (Wildman–Crippen MR) is 93.2 cm³/mol. The third-order valence-corrected chi connectivity index (χ3v) is 4.72. The average molecular weight is 327 g/mol. The van der Waals surface area contributed by atoms with E-state index in [1.807, 2.05) is 24.3 Å². The first-order valence-electron chi connectivity index (χ1n) is 7.22. The Morgan fingerprint density at radius 1 is 1.22 bits per heavy atom. The molecule has 0 radical (unpaired) electrons. The zero-order valence-corrected chi connectivity index (χ0v) is 13.7. The second kappa shape index (κ2) is 5.89. The molecule has 0 unspecified atom stereocenters. The number of carbonyl (C=O) groups is 1. The van der Waals surface area contributed by atoms with Gasteiger partial charge >= 0.3 is 0 Å². The maximum atomic E-state index is 11.4. The first-order chi connectivity index (χ1) is 11.0. The van der Waals surface area contributed by atoms with Crippen molar-refractivity contribution in [2.24, 2.45) is 5.73 Å². The molecule has 4 N–H and O–H groups in total. The zero-order valence-electron chi connectivity index (χ0n) is 12.9. The van der Waals surface area contributed by atoms with E-state index in [0.717, 1.165) is 0 Å². The number of hydrogen-bond donors (Lipinski definition) is 2. The van der Waals surface area contributed by atoms with E-state index in [0.29, 0.717) is 38.2 Å². The molecule has 0 aliphatic rings. The Bertz CT molecular complexity index is 869. The molecule has 3 rings (SSSR count). The molecule has 0 aliphatic heterocycles. The summed E-state index contributed by atoms with van der Waals surface area (Å²) in [4.78, 5) is 16.6. The van der Waals surface area contributed by atoms with Gasteiger partial charge in [-0.25, -0.2) is 4.98 Å². The Balaban J connectivity index is 2.01. The largest absolute Gasteiger partial charge is 0.456 e. The molecular weight excluding hydrogens is 310 g/mol. The van der Waals surface area contributed by atoms with Crippen molar-refractivity contribution >= 4 is 33.1 Å². The summed E-state index contributed by atoms with van der Waals surface area (Å²) in [7, 11) is 0. The highest BCUT2D eigenvalue weighted by molar-refractivity contribution is 7.21. The molecule has 2 heterocycles. The molecule has 3 aromatic rings. The number of rotatable bonds is 4. The number of anilines is 1. The minimum absolute atomic E-state index is 0.304. The number of amides is 1. The van der Waals surface area contributed by atoms with E-state index in [2.05, 4.69) is 18.8 Å². The number of carbonyl (C=O) groups excluding carboxylic acids is 1. The molecule has 0 atom stereocenters. The number of fused-ring (bicyclic) bond motifs is 1. The van der Waals surface area contributed by atoms with Gasteiger partial charge in [0.1, 0.15) is 21.2 Å². The van der Waals surface area contributed by atoms with Gasteiger partial charge in [0.15, 0.2) is 0 Å². The lowest BCUT2D eigenvalue weighted by Gasteiger charge is -2.09. The van der Waals surface area contributed by atoms with Gasteiger partial charge in [0.2, 0.25) is 0 Å². The maximum Gasteiger partial charge on any atom is 0.260 e. The number of nitrogens with two attached hydrogens (primary N) is 2. The molecule has 118 valence electrons.